The Morgan fingerprint density at radius 3 is 2.77 bits per heavy atom. The second-order valence-electron chi connectivity index (χ2n) is 5.94. The average molecular weight is 325 g/mol. The normalized spacial score (nSPS) is 22.4. The Bertz CT molecular complexity index is 508. The minimum Gasteiger partial charge on any atom is -0.379 e. The van der Waals surface area contributed by atoms with Crippen LogP contribution in [0.2, 0.25) is 0 Å². The van der Waals surface area contributed by atoms with Crippen LogP contribution in [-0.2, 0) is 4.74 Å². The van der Waals surface area contributed by atoms with Crippen molar-refractivity contribution in [2.75, 3.05) is 44.4 Å². The maximum atomic E-state index is 12.2. The molecule has 1 amide bonds. The largest absolute Gasteiger partial charge is 0.379 e. The van der Waals surface area contributed by atoms with E-state index in [0.29, 0.717) is 18.0 Å². The van der Waals surface area contributed by atoms with E-state index in [1.54, 1.807) is 13.0 Å². The monoisotopic (exact) mass is 325 g/mol. The predicted molar refractivity (Wildman–Crippen MR) is 85.3 cm³/mol. The maximum Gasteiger partial charge on any atom is 0.273 e. The van der Waals surface area contributed by atoms with Gasteiger partial charge < -0.3 is 14.6 Å². The Kier molecular flexibility index (Phi) is 5.05. The van der Waals surface area contributed by atoms with Crippen molar-refractivity contribution in [3.05, 3.63) is 17.5 Å². The minimum atomic E-state index is -0.150. The highest BCUT2D eigenvalue weighted by Crippen LogP contribution is 2.32. The number of aryl methyl sites for hydroxylation is 1. The first-order valence-corrected chi connectivity index (χ1v) is 8.97. The molecule has 1 aromatic heterocycles. The van der Waals surface area contributed by atoms with Gasteiger partial charge in [0.15, 0.2) is 5.69 Å². The molecule has 122 valence electrons. The van der Waals surface area contributed by atoms with Crippen molar-refractivity contribution < 1.29 is 14.1 Å². The average Bonchev–Trinajstić information content (AvgIpc) is 3.01. The van der Waals surface area contributed by atoms with Gasteiger partial charge in [-0.05, 0) is 31.3 Å². The number of morpholine rings is 1. The van der Waals surface area contributed by atoms with Crippen LogP contribution in [0.4, 0.5) is 0 Å². The van der Waals surface area contributed by atoms with Gasteiger partial charge >= 0.3 is 0 Å². The molecule has 0 unspecified atom stereocenters. The lowest BCUT2D eigenvalue weighted by atomic mass is 9.89. The van der Waals surface area contributed by atoms with Gasteiger partial charge in [0.05, 0.1) is 13.2 Å². The molecular weight excluding hydrogens is 302 g/mol. The summed E-state index contributed by atoms with van der Waals surface area (Å²) in [6.07, 6.45) is 2.21. The van der Waals surface area contributed by atoms with Crippen LogP contribution < -0.4 is 5.32 Å². The van der Waals surface area contributed by atoms with Gasteiger partial charge in [0.2, 0.25) is 0 Å². The molecule has 0 bridgehead atoms. The summed E-state index contributed by atoms with van der Waals surface area (Å²) in [5.74, 6) is 2.80. The van der Waals surface area contributed by atoms with Crippen molar-refractivity contribution in [1.29, 1.82) is 0 Å². The number of thioether (sulfide) groups is 1. The highest BCUT2D eigenvalue weighted by Gasteiger charge is 2.39. The standard InChI is InChI=1S/C15H23N3O3S/c1-12-10-13(17-21-12)14(19)16-11-15(2-8-22-9-3-15)18-4-6-20-7-5-18/h10H,2-9,11H2,1H3,(H,16,19). The van der Waals surface area contributed by atoms with Gasteiger partial charge in [-0.1, -0.05) is 5.16 Å². The van der Waals surface area contributed by atoms with Crippen molar-refractivity contribution in [2.24, 2.45) is 0 Å². The van der Waals surface area contributed by atoms with Crippen molar-refractivity contribution in [1.82, 2.24) is 15.4 Å². The fourth-order valence-corrected chi connectivity index (χ4v) is 4.46. The molecule has 7 heteroatoms. The van der Waals surface area contributed by atoms with Crippen LogP contribution in [0.25, 0.3) is 0 Å². The Labute approximate surface area is 134 Å². The van der Waals surface area contributed by atoms with Crippen LogP contribution in [0.5, 0.6) is 0 Å². The van der Waals surface area contributed by atoms with E-state index in [2.05, 4.69) is 15.4 Å². The zero-order valence-corrected chi connectivity index (χ0v) is 13.8. The van der Waals surface area contributed by atoms with E-state index in [1.165, 1.54) is 0 Å². The van der Waals surface area contributed by atoms with Crippen LogP contribution in [0.15, 0.2) is 10.6 Å². The molecule has 2 aliphatic rings. The minimum absolute atomic E-state index is 0.0590. The Morgan fingerprint density at radius 2 is 2.14 bits per heavy atom. The molecule has 2 fully saturated rings. The van der Waals surface area contributed by atoms with Crippen LogP contribution in [0.3, 0.4) is 0 Å². The summed E-state index contributed by atoms with van der Waals surface area (Å²) in [5, 5.41) is 6.86. The predicted octanol–water partition coefficient (Wildman–Crippen LogP) is 1.31. The Balaban J connectivity index is 1.66. The zero-order valence-electron chi connectivity index (χ0n) is 13.0. The molecule has 0 saturated carbocycles. The topological polar surface area (TPSA) is 67.6 Å². The van der Waals surface area contributed by atoms with E-state index in [4.69, 9.17) is 9.26 Å². The zero-order chi connectivity index (χ0) is 15.4. The molecule has 0 aromatic carbocycles. The number of nitrogens with zero attached hydrogens (tertiary/aromatic N) is 2. The number of ether oxygens (including phenoxy) is 1. The molecule has 1 N–H and O–H groups in total. The fourth-order valence-electron chi connectivity index (χ4n) is 3.20. The van der Waals surface area contributed by atoms with Gasteiger partial charge in [-0.25, -0.2) is 0 Å². The summed E-state index contributed by atoms with van der Waals surface area (Å²) in [4.78, 5) is 14.7. The quantitative estimate of drug-likeness (QED) is 0.900. The molecule has 0 atom stereocenters. The fraction of sp³-hybridized carbons (Fsp3) is 0.733. The van der Waals surface area contributed by atoms with E-state index in [0.717, 1.165) is 50.7 Å². The first-order valence-electron chi connectivity index (χ1n) is 7.82. The number of carbonyl (C=O) groups is 1. The molecule has 0 spiro atoms. The SMILES string of the molecule is Cc1cc(C(=O)NCC2(N3CCOCC3)CCSCC2)no1. The van der Waals surface area contributed by atoms with Crippen molar-refractivity contribution in [3.63, 3.8) is 0 Å². The summed E-state index contributed by atoms with van der Waals surface area (Å²) >= 11 is 2.00. The number of aromatic nitrogens is 1. The molecule has 6 nitrogen and oxygen atoms in total. The molecule has 2 saturated heterocycles. The Hall–Kier alpha value is -1.05. The van der Waals surface area contributed by atoms with E-state index in [1.807, 2.05) is 11.8 Å². The maximum absolute atomic E-state index is 12.2. The van der Waals surface area contributed by atoms with E-state index in [-0.39, 0.29) is 11.4 Å². The molecule has 1 aromatic rings. The molecular formula is C15H23N3O3S. The van der Waals surface area contributed by atoms with E-state index in [9.17, 15) is 4.79 Å². The number of rotatable bonds is 4. The number of nitrogens with one attached hydrogen (secondary N) is 1. The highest BCUT2D eigenvalue weighted by atomic mass is 32.2. The van der Waals surface area contributed by atoms with Gasteiger partial charge in [-0.2, -0.15) is 11.8 Å². The second kappa shape index (κ2) is 7.02. The summed E-state index contributed by atoms with van der Waals surface area (Å²) in [5.41, 5.74) is 0.420. The molecule has 0 radical (unpaired) electrons. The molecule has 3 heterocycles. The van der Waals surface area contributed by atoms with Gasteiger partial charge in [0, 0.05) is 31.2 Å². The Morgan fingerprint density at radius 1 is 1.41 bits per heavy atom. The number of amides is 1. The summed E-state index contributed by atoms with van der Waals surface area (Å²) in [7, 11) is 0. The highest BCUT2D eigenvalue weighted by molar-refractivity contribution is 7.99. The van der Waals surface area contributed by atoms with E-state index < -0.39 is 0 Å². The molecule has 0 aliphatic carbocycles. The van der Waals surface area contributed by atoms with Gasteiger partial charge in [0.1, 0.15) is 5.76 Å². The summed E-state index contributed by atoms with van der Waals surface area (Å²) in [6, 6.07) is 1.67. The molecule has 3 rings (SSSR count). The van der Waals surface area contributed by atoms with Crippen molar-refractivity contribution >= 4 is 17.7 Å². The summed E-state index contributed by atoms with van der Waals surface area (Å²) in [6.45, 7) is 5.92. The van der Waals surface area contributed by atoms with Gasteiger partial charge in [0.25, 0.3) is 5.91 Å². The van der Waals surface area contributed by atoms with E-state index >= 15 is 0 Å². The first-order chi connectivity index (χ1) is 10.7. The van der Waals surface area contributed by atoms with Gasteiger partial charge in [-0.3, -0.25) is 9.69 Å². The third-order valence-corrected chi connectivity index (χ3v) is 5.53. The molecule has 22 heavy (non-hydrogen) atoms. The molecule has 2 aliphatic heterocycles. The number of hydrogen-bond donors (Lipinski definition) is 1. The third-order valence-electron chi connectivity index (χ3n) is 4.54. The second-order valence-corrected chi connectivity index (χ2v) is 7.17. The number of hydrogen-bond acceptors (Lipinski definition) is 6. The van der Waals surface area contributed by atoms with Crippen LogP contribution >= 0.6 is 11.8 Å². The lowest BCUT2D eigenvalue weighted by Gasteiger charge is -2.47. The van der Waals surface area contributed by atoms with Crippen molar-refractivity contribution in [3.8, 4) is 0 Å². The third kappa shape index (κ3) is 3.47. The van der Waals surface area contributed by atoms with Gasteiger partial charge in [-0.15, -0.1) is 0 Å². The van der Waals surface area contributed by atoms with Crippen molar-refractivity contribution in [2.45, 2.75) is 25.3 Å². The summed E-state index contributed by atoms with van der Waals surface area (Å²) < 4.78 is 10.5. The lowest BCUT2D eigenvalue weighted by molar-refractivity contribution is -0.0255. The first kappa shape index (κ1) is 15.8. The van der Waals surface area contributed by atoms with Crippen LogP contribution in [-0.4, -0.2) is 65.9 Å². The lowest BCUT2D eigenvalue weighted by Crippen LogP contribution is -2.60. The smallest absolute Gasteiger partial charge is 0.273 e. The number of carbonyl (C=O) groups excluding carboxylic acids is 1. The van der Waals surface area contributed by atoms with Crippen LogP contribution in [0.1, 0.15) is 29.1 Å². The van der Waals surface area contributed by atoms with Crippen LogP contribution in [0, 0.1) is 6.92 Å².